The van der Waals surface area contributed by atoms with Gasteiger partial charge < -0.3 is 10.4 Å². The van der Waals surface area contributed by atoms with Gasteiger partial charge in [-0.1, -0.05) is 6.92 Å². The minimum atomic E-state index is -0.933. The van der Waals surface area contributed by atoms with Crippen molar-refractivity contribution < 1.29 is 14.7 Å². The van der Waals surface area contributed by atoms with Crippen molar-refractivity contribution in [3.63, 3.8) is 0 Å². The van der Waals surface area contributed by atoms with Crippen LogP contribution in [0.2, 0.25) is 0 Å². The summed E-state index contributed by atoms with van der Waals surface area (Å²) in [5, 5.41) is 15.6. The predicted octanol–water partition coefficient (Wildman–Crippen LogP) is 0.464. The molecule has 0 fully saturated rings. The van der Waals surface area contributed by atoms with Gasteiger partial charge in [-0.25, -0.2) is 0 Å². The maximum atomic E-state index is 11.9. The smallest absolute Gasteiger partial charge is 0.317 e. The van der Waals surface area contributed by atoms with E-state index in [4.69, 9.17) is 5.11 Å². The highest BCUT2D eigenvalue weighted by molar-refractivity contribution is 5.91. The number of amides is 1. The van der Waals surface area contributed by atoms with Crippen molar-refractivity contribution in [1.82, 2.24) is 14.7 Å². The van der Waals surface area contributed by atoms with E-state index in [-0.39, 0.29) is 19.0 Å². The van der Waals surface area contributed by atoms with E-state index in [2.05, 4.69) is 10.4 Å². The summed E-state index contributed by atoms with van der Waals surface area (Å²) in [7, 11) is 1.74. The number of carbonyl (C=O) groups is 2. The first-order chi connectivity index (χ1) is 8.92. The fourth-order valence-corrected chi connectivity index (χ4v) is 1.83. The van der Waals surface area contributed by atoms with E-state index in [9.17, 15) is 9.59 Å². The van der Waals surface area contributed by atoms with Gasteiger partial charge in [-0.3, -0.25) is 19.2 Å². The minimum absolute atomic E-state index is 0.0599. The molecule has 0 saturated carbocycles. The van der Waals surface area contributed by atoms with Gasteiger partial charge in [-0.15, -0.1) is 0 Å². The molecule has 1 aromatic heterocycles. The number of carboxylic acid groups (broad SMARTS) is 1. The van der Waals surface area contributed by atoms with Crippen LogP contribution in [0.1, 0.15) is 19.0 Å². The first kappa shape index (κ1) is 15.2. The van der Waals surface area contributed by atoms with E-state index in [1.807, 2.05) is 13.8 Å². The summed E-state index contributed by atoms with van der Waals surface area (Å²) in [6.45, 7) is 4.28. The monoisotopic (exact) mass is 268 g/mol. The highest BCUT2D eigenvalue weighted by atomic mass is 16.4. The molecule has 0 unspecified atom stereocenters. The minimum Gasteiger partial charge on any atom is -0.480 e. The second kappa shape index (κ2) is 6.89. The molecule has 0 aromatic carbocycles. The number of rotatable bonds is 7. The number of anilines is 1. The largest absolute Gasteiger partial charge is 0.480 e. The van der Waals surface area contributed by atoms with Gasteiger partial charge in [-0.05, 0) is 19.9 Å². The van der Waals surface area contributed by atoms with Gasteiger partial charge in [0.05, 0.1) is 18.8 Å². The molecule has 106 valence electrons. The molecule has 0 aliphatic heterocycles. The Balaban J connectivity index is 2.57. The maximum Gasteiger partial charge on any atom is 0.317 e. The first-order valence-corrected chi connectivity index (χ1v) is 6.17. The van der Waals surface area contributed by atoms with E-state index in [0.717, 1.165) is 12.1 Å². The predicted molar refractivity (Wildman–Crippen MR) is 70.9 cm³/mol. The summed E-state index contributed by atoms with van der Waals surface area (Å²) in [6.07, 6.45) is 0.797. The highest BCUT2D eigenvalue weighted by Crippen LogP contribution is 2.07. The van der Waals surface area contributed by atoms with Gasteiger partial charge in [0.25, 0.3) is 0 Å². The lowest BCUT2D eigenvalue weighted by Crippen LogP contribution is -2.37. The summed E-state index contributed by atoms with van der Waals surface area (Å²) in [5.41, 5.74) is 0.814. The fraction of sp³-hybridized carbons (Fsp3) is 0.583. The highest BCUT2D eigenvalue weighted by Gasteiger charge is 2.14. The van der Waals surface area contributed by atoms with Crippen LogP contribution in [0.25, 0.3) is 0 Å². The Hall–Kier alpha value is -1.89. The fourth-order valence-electron chi connectivity index (χ4n) is 1.83. The average molecular weight is 268 g/mol. The summed E-state index contributed by atoms with van der Waals surface area (Å²) in [6, 6.07) is 1.76. The van der Waals surface area contributed by atoms with E-state index in [1.54, 1.807) is 22.7 Å². The Morgan fingerprint density at radius 1 is 1.47 bits per heavy atom. The number of aromatic nitrogens is 2. The van der Waals surface area contributed by atoms with Crippen molar-refractivity contribution >= 4 is 17.7 Å². The summed E-state index contributed by atoms with van der Waals surface area (Å²) >= 11 is 0. The van der Waals surface area contributed by atoms with Gasteiger partial charge in [0.2, 0.25) is 5.91 Å². The number of hydrogen-bond donors (Lipinski definition) is 2. The van der Waals surface area contributed by atoms with Crippen LogP contribution >= 0.6 is 0 Å². The van der Waals surface area contributed by atoms with Gasteiger partial charge in [0.15, 0.2) is 0 Å². The molecule has 0 aliphatic rings. The van der Waals surface area contributed by atoms with Crippen molar-refractivity contribution in [3.05, 3.63) is 11.8 Å². The third-order valence-corrected chi connectivity index (χ3v) is 2.54. The Bertz CT molecular complexity index is 456. The van der Waals surface area contributed by atoms with Crippen LogP contribution in [0.3, 0.4) is 0 Å². The zero-order valence-electron chi connectivity index (χ0n) is 11.5. The Morgan fingerprint density at radius 3 is 2.63 bits per heavy atom. The number of nitrogens with zero attached hydrogens (tertiary/aromatic N) is 3. The molecule has 7 heteroatoms. The quantitative estimate of drug-likeness (QED) is 0.750. The number of carboxylic acids is 1. The SMILES string of the molecule is CCCN(CC(=O)O)CC(=O)Nc1cc(C)nn1C. The van der Waals surface area contributed by atoms with E-state index in [1.165, 1.54) is 0 Å². The summed E-state index contributed by atoms with van der Waals surface area (Å²) in [4.78, 5) is 24.1. The summed E-state index contributed by atoms with van der Waals surface area (Å²) < 4.78 is 1.58. The second-order valence-electron chi connectivity index (χ2n) is 4.45. The van der Waals surface area contributed by atoms with Crippen LogP contribution in [-0.4, -0.2) is 51.3 Å². The van der Waals surface area contributed by atoms with Crippen LogP contribution in [0.15, 0.2) is 6.07 Å². The molecule has 1 heterocycles. The second-order valence-corrected chi connectivity index (χ2v) is 4.45. The van der Waals surface area contributed by atoms with Crippen LogP contribution in [0.4, 0.5) is 5.82 Å². The molecule has 0 radical (unpaired) electrons. The molecule has 0 bridgehead atoms. The number of aliphatic carboxylic acids is 1. The third kappa shape index (κ3) is 5.09. The third-order valence-electron chi connectivity index (χ3n) is 2.54. The maximum absolute atomic E-state index is 11.9. The van der Waals surface area contributed by atoms with Crippen molar-refractivity contribution in [2.45, 2.75) is 20.3 Å². The lowest BCUT2D eigenvalue weighted by Gasteiger charge is -2.18. The van der Waals surface area contributed by atoms with E-state index in [0.29, 0.717) is 12.4 Å². The lowest BCUT2D eigenvalue weighted by atomic mass is 10.3. The number of carbonyl (C=O) groups excluding carboxylic acids is 1. The standard InChI is InChI=1S/C12H20N4O3/c1-4-5-16(8-12(18)19)7-11(17)13-10-6-9(2)14-15(10)3/h6H,4-5,7-8H2,1-3H3,(H,13,17)(H,18,19). The average Bonchev–Trinajstić information content (AvgIpc) is 2.56. The molecular weight excluding hydrogens is 248 g/mol. The molecule has 1 rings (SSSR count). The van der Waals surface area contributed by atoms with Crippen LogP contribution in [-0.2, 0) is 16.6 Å². The van der Waals surface area contributed by atoms with Crippen LogP contribution in [0, 0.1) is 6.92 Å². The van der Waals surface area contributed by atoms with Gasteiger partial charge in [0, 0.05) is 13.1 Å². The first-order valence-electron chi connectivity index (χ1n) is 6.17. The van der Waals surface area contributed by atoms with Gasteiger partial charge in [-0.2, -0.15) is 5.10 Å². The molecule has 19 heavy (non-hydrogen) atoms. The molecule has 0 saturated heterocycles. The number of hydrogen-bond acceptors (Lipinski definition) is 4. The Kier molecular flexibility index (Phi) is 5.50. The molecule has 1 amide bonds. The zero-order valence-corrected chi connectivity index (χ0v) is 11.5. The normalized spacial score (nSPS) is 10.7. The number of aryl methyl sites for hydroxylation is 2. The molecular formula is C12H20N4O3. The van der Waals surface area contributed by atoms with Crippen molar-refractivity contribution in [2.75, 3.05) is 25.0 Å². The topological polar surface area (TPSA) is 87.5 Å². The molecule has 2 N–H and O–H groups in total. The van der Waals surface area contributed by atoms with Crippen molar-refractivity contribution in [2.24, 2.45) is 7.05 Å². The van der Waals surface area contributed by atoms with E-state index >= 15 is 0 Å². The molecule has 7 nitrogen and oxygen atoms in total. The van der Waals surface area contributed by atoms with Crippen LogP contribution in [0.5, 0.6) is 0 Å². The molecule has 0 atom stereocenters. The Labute approximate surface area is 112 Å². The van der Waals surface area contributed by atoms with Gasteiger partial charge >= 0.3 is 5.97 Å². The van der Waals surface area contributed by atoms with Gasteiger partial charge in [0.1, 0.15) is 5.82 Å². The lowest BCUT2D eigenvalue weighted by molar-refractivity contribution is -0.138. The molecule has 0 spiro atoms. The molecule has 1 aromatic rings. The Morgan fingerprint density at radius 2 is 2.16 bits per heavy atom. The van der Waals surface area contributed by atoms with Crippen molar-refractivity contribution in [3.8, 4) is 0 Å². The zero-order chi connectivity index (χ0) is 14.4. The van der Waals surface area contributed by atoms with E-state index < -0.39 is 5.97 Å². The van der Waals surface area contributed by atoms with Crippen molar-refractivity contribution in [1.29, 1.82) is 0 Å². The van der Waals surface area contributed by atoms with Crippen LogP contribution < -0.4 is 5.32 Å². The summed E-state index contributed by atoms with van der Waals surface area (Å²) in [5.74, 6) is -0.565. The molecule has 0 aliphatic carbocycles. The number of nitrogens with one attached hydrogen (secondary N) is 1.